The van der Waals surface area contributed by atoms with Crippen molar-refractivity contribution in [2.24, 2.45) is 0 Å². The Morgan fingerprint density at radius 3 is 2.35 bits per heavy atom. The molecule has 6 nitrogen and oxygen atoms in total. The van der Waals surface area contributed by atoms with Crippen LogP contribution in [0.15, 0.2) is 76.3 Å². The Kier molecular flexibility index (Phi) is 6.20. The van der Waals surface area contributed by atoms with Gasteiger partial charge >= 0.3 is 156 Å². The number of hydrogen-bond acceptors (Lipinski definition) is 4. The van der Waals surface area contributed by atoms with E-state index in [-0.39, 0.29) is 28.3 Å². The first-order valence-electron chi connectivity index (χ1n) is 8.02. The normalized spacial score (nSPS) is 12.0. The molecular formula is C19H18N2O4Se. The fourth-order valence-corrected chi connectivity index (χ4v) is 4.39. The second-order valence-electron chi connectivity index (χ2n) is 5.50. The average molecular weight is 417 g/mol. The van der Waals surface area contributed by atoms with Gasteiger partial charge in [-0.05, 0) is 0 Å². The molecule has 0 radical (unpaired) electrons. The third-order valence-corrected chi connectivity index (χ3v) is 5.92. The fourth-order valence-electron chi connectivity index (χ4n) is 2.40. The van der Waals surface area contributed by atoms with Gasteiger partial charge in [0.05, 0.1) is 0 Å². The summed E-state index contributed by atoms with van der Waals surface area (Å²) in [4.78, 5) is 26.3. The monoisotopic (exact) mass is 418 g/mol. The van der Waals surface area contributed by atoms with E-state index in [1.165, 1.54) is 10.6 Å². The van der Waals surface area contributed by atoms with E-state index in [0.29, 0.717) is 4.59 Å². The Balaban J connectivity index is 1.85. The van der Waals surface area contributed by atoms with Gasteiger partial charge in [-0.3, -0.25) is 0 Å². The first kappa shape index (κ1) is 18.4. The summed E-state index contributed by atoms with van der Waals surface area (Å²) < 4.78 is 8.82. The van der Waals surface area contributed by atoms with Crippen LogP contribution in [0.4, 0.5) is 0 Å². The van der Waals surface area contributed by atoms with E-state index in [2.05, 4.69) is 4.98 Å². The molecule has 7 heteroatoms. The number of aliphatic hydroxyl groups is 1. The van der Waals surface area contributed by atoms with E-state index < -0.39 is 17.4 Å². The number of nitrogens with zero attached hydrogens (tertiary/aromatic N) is 1. The van der Waals surface area contributed by atoms with Gasteiger partial charge in [-0.25, -0.2) is 0 Å². The number of H-pyrrole nitrogens is 1. The zero-order chi connectivity index (χ0) is 18.4. The van der Waals surface area contributed by atoms with Crippen LogP contribution in [-0.2, 0) is 11.5 Å². The predicted molar refractivity (Wildman–Crippen MR) is 100 cm³/mol. The van der Waals surface area contributed by atoms with Crippen LogP contribution in [0.2, 0.25) is 0 Å². The molecule has 0 aliphatic carbocycles. The quantitative estimate of drug-likeness (QED) is 0.526. The number of rotatable bonds is 7. The number of hydrogen-bond donors (Lipinski definition) is 2. The van der Waals surface area contributed by atoms with Crippen molar-refractivity contribution in [2.45, 2.75) is 12.8 Å². The third-order valence-electron chi connectivity index (χ3n) is 3.70. The van der Waals surface area contributed by atoms with Crippen LogP contribution < -0.4 is 20.3 Å². The first-order valence-corrected chi connectivity index (χ1v) is 9.73. The first-order chi connectivity index (χ1) is 12.7. The Hall–Kier alpha value is -2.44. The van der Waals surface area contributed by atoms with Gasteiger partial charge in [0.25, 0.3) is 0 Å². The molecule has 0 saturated heterocycles. The number of aromatic nitrogens is 2. The molecule has 134 valence electrons. The van der Waals surface area contributed by atoms with Crippen LogP contribution in [0.1, 0.15) is 11.7 Å². The molecule has 0 spiro atoms. The van der Waals surface area contributed by atoms with Crippen LogP contribution in [0, 0.1) is 0 Å². The minimum absolute atomic E-state index is 0.0559. The molecule has 0 bridgehead atoms. The molecule has 0 aliphatic heterocycles. The van der Waals surface area contributed by atoms with Crippen molar-refractivity contribution < 1.29 is 9.84 Å². The second-order valence-corrected chi connectivity index (χ2v) is 7.79. The van der Waals surface area contributed by atoms with Gasteiger partial charge in [-0.1, -0.05) is 0 Å². The van der Waals surface area contributed by atoms with Crippen LogP contribution in [0.3, 0.4) is 0 Å². The molecule has 1 atom stereocenters. The van der Waals surface area contributed by atoms with E-state index in [1.54, 1.807) is 0 Å². The van der Waals surface area contributed by atoms with Crippen molar-refractivity contribution in [2.75, 3.05) is 6.61 Å². The molecule has 0 saturated carbocycles. The Bertz CT molecular complexity index is 955. The Morgan fingerprint density at radius 1 is 1.04 bits per heavy atom. The summed E-state index contributed by atoms with van der Waals surface area (Å²) in [5.74, 6) is 0. The van der Waals surface area contributed by atoms with Crippen molar-refractivity contribution in [1.29, 1.82) is 0 Å². The van der Waals surface area contributed by atoms with E-state index >= 15 is 0 Å². The summed E-state index contributed by atoms with van der Waals surface area (Å²) >= 11 is -0.223. The van der Waals surface area contributed by atoms with Crippen molar-refractivity contribution in [3.05, 3.63) is 93.1 Å². The standard InChI is InChI=1S/C19H18N2O4Se/c22-12-16(14-7-3-1-4-8-14)25-13-21-18(11-17(23)20-19(21)24)26-15-9-5-2-6-10-15/h1-11,16,22H,12-13H2,(H,20,23,24). The summed E-state index contributed by atoms with van der Waals surface area (Å²) in [5.41, 5.74) is -0.126. The molecule has 26 heavy (non-hydrogen) atoms. The zero-order valence-electron chi connectivity index (χ0n) is 13.9. The van der Waals surface area contributed by atoms with E-state index in [0.717, 1.165) is 10.0 Å². The molecule has 1 heterocycles. The number of aromatic amines is 1. The third kappa shape index (κ3) is 4.59. The van der Waals surface area contributed by atoms with Gasteiger partial charge < -0.3 is 0 Å². The number of ether oxygens (including phenoxy) is 1. The average Bonchev–Trinajstić information content (AvgIpc) is 2.65. The van der Waals surface area contributed by atoms with Gasteiger partial charge in [0, 0.05) is 0 Å². The molecule has 1 unspecified atom stereocenters. The Labute approximate surface area is 156 Å². The van der Waals surface area contributed by atoms with Gasteiger partial charge in [-0.2, -0.15) is 0 Å². The summed E-state index contributed by atoms with van der Waals surface area (Å²) in [6.45, 7) is -0.263. The number of aliphatic hydroxyl groups excluding tert-OH is 1. The summed E-state index contributed by atoms with van der Waals surface area (Å²) in [6, 6.07) is 20.4. The van der Waals surface area contributed by atoms with Gasteiger partial charge in [0.1, 0.15) is 0 Å². The maximum absolute atomic E-state index is 12.3. The molecule has 3 rings (SSSR count). The molecule has 1 aromatic heterocycles. The Morgan fingerprint density at radius 2 is 1.69 bits per heavy atom. The summed E-state index contributed by atoms with van der Waals surface area (Å²) in [6.07, 6.45) is -0.549. The summed E-state index contributed by atoms with van der Waals surface area (Å²) in [7, 11) is 0. The van der Waals surface area contributed by atoms with E-state index in [4.69, 9.17) is 4.74 Å². The van der Waals surface area contributed by atoms with Gasteiger partial charge in [-0.15, -0.1) is 0 Å². The molecule has 2 aromatic carbocycles. The van der Waals surface area contributed by atoms with Crippen molar-refractivity contribution in [1.82, 2.24) is 9.55 Å². The van der Waals surface area contributed by atoms with Crippen LogP contribution in [0.5, 0.6) is 0 Å². The molecule has 0 amide bonds. The molecule has 0 fully saturated rings. The molecule has 3 aromatic rings. The van der Waals surface area contributed by atoms with Gasteiger partial charge in [0.15, 0.2) is 0 Å². The van der Waals surface area contributed by atoms with E-state index in [1.807, 2.05) is 60.7 Å². The minimum atomic E-state index is -0.549. The van der Waals surface area contributed by atoms with E-state index in [9.17, 15) is 14.7 Å². The maximum atomic E-state index is 12.3. The number of benzene rings is 2. The SMILES string of the molecule is O=c1cc([Se]c2ccccc2)n(COC(CO)c2ccccc2)c(=O)[nH]1. The summed E-state index contributed by atoms with van der Waals surface area (Å²) in [5, 5.41) is 9.61. The second kappa shape index (κ2) is 8.78. The van der Waals surface area contributed by atoms with Crippen molar-refractivity contribution in [3.8, 4) is 0 Å². The van der Waals surface area contributed by atoms with Gasteiger partial charge in [0.2, 0.25) is 0 Å². The van der Waals surface area contributed by atoms with Crippen LogP contribution >= 0.6 is 0 Å². The van der Waals surface area contributed by atoms with Crippen LogP contribution in [-0.4, -0.2) is 36.2 Å². The number of nitrogens with one attached hydrogen (secondary N) is 1. The topological polar surface area (TPSA) is 84.3 Å². The zero-order valence-corrected chi connectivity index (χ0v) is 15.6. The molecular weight excluding hydrogens is 399 g/mol. The molecule has 2 N–H and O–H groups in total. The van der Waals surface area contributed by atoms with Crippen molar-refractivity contribution in [3.63, 3.8) is 0 Å². The molecule has 0 aliphatic rings. The predicted octanol–water partition coefficient (Wildman–Crippen LogP) is -0.101. The fraction of sp³-hybridized carbons (Fsp3) is 0.158. The van der Waals surface area contributed by atoms with Crippen LogP contribution in [0.25, 0.3) is 0 Å². The van der Waals surface area contributed by atoms with Crippen molar-refractivity contribution >= 4 is 24.0 Å².